The summed E-state index contributed by atoms with van der Waals surface area (Å²) < 4.78 is 21.4. The molecule has 0 amide bonds. The zero-order valence-corrected chi connectivity index (χ0v) is 14.5. The zero-order valence-electron chi connectivity index (χ0n) is 14.5. The second-order valence-electron chi connectivity index (χ2n) is 5.03. The van der Waals surface area contributed by atoms with E-state index in [9.17, 15) is 0 Å². The fourth-order valence-corrected chi connectivity index (χ4v) is 2.24. The van der Waals surface area contributed by atoms with Crippen LogP contribution in [0.15, 0.2) is 12.1 Å². The first-order valence-electron chi connectivity index (χ1n) is 7.48. The Morgan fingerprint density at radius 2 is 1.48 bits per heavy atom. The number of rotatable bonds is 5. The lowest BCUT2D eigenvalue weighted by Gasteiger charge is -2.27. The predicted octanol–water partition coefficient (Wildman–Crippen LogP) is 0.700. The normalized spacial score (nSPS) is 14.0. The molecule has 0 radical (unpaired) electrons. The lowest BCUT2D eigenvalue weighted by atomic mass is 10.1. The molecule has 9 nitrogen and oxygen atoms in total. The quantitative estimate of drug-likeness (QED) is 0.735. The van der Waals surface area contributed by atoms with Crippen molar-refractivity contribution in [2.75, 3.05) is 47.6 Å². The fraction of sp³-hybridized carbons (Fsp3) is 0.500. The highest BCUT2D eigenvalue weighted by Crippen LogP contribution is 2.38. The summed E-state index contributed by atoms with van der Waals surface area (Å²) in [7, 11) is 4.88. The maximum Gasteiger partial charge on any atom is 0.414 e. The molecule has 0 saturated carbocycles. The first kappa shape index (κ1) is 20.5. The summed E-state index contributed by atoms with van der Waals surface area (Å²) in [4.78, 5) is 20.6. The minimum Gasteiger partial charge on any atom is -0.493 e. The molecule has 25 heavy (non-hydrogen) atoms. The Labute approximate surface area is 145 Å². The van der Waals surface area contributed by atoms with Crippen LogP contribution in [0.3, 0.4) is 0 Å². The van der Waals surface area contributed by atoms with Crippen LogP contribution in [0.25, 0.3) is 0 Å². The van der Waals surface area contributed by atoms with E-state index in [1.165, 1.54) is 0 Å². The Hall–Kier alpha value is -2.52. The summed E-state index contributed by atoms with van der Waals surface area (Å²) in [6.45, 7) is 4.36. The Balaban J connectivity index is 0.000000450. The summed E-state index contributed by atoms with van der Waals surface area (Å²) >= 11 is 0. The van der Waals surface area contributed by atoms with E-state index in [4.69, 9.17) is 38.7 Å². The van der Waals surface area contributed by atoms with E-state index in [1.807, 2.05) is 12.1 Å². The highest BCUT2D eigenvalue weighted by Gasteiger charge is 2.16. The lowest BCUT2D eigenvalue weighted by molar-refractivity contribution is -0.159. The van der Waals surface area contributed by atoms with Crippen LogP contribution in [-0.2, 0) is 20.9 Å². The molecule has 140 valence electrons. The van der Waals surface area contributed by atoms with Crippen molar-refractivity contribution in [3.05, 3.63) is 17.7 Å². The third-order valence-corrected chi connectivity index (χ3v) is 3.42. The van der Waals surface area contributed by atoms with Crippen molar-refractivity contribution in [2.24, 2.45) is 0 Å². The van der Waals surface area contributed by atoms with Gasteiger partial charge in [0.2, 0.25) is 5.75 Å². The molecule has 0 spiro atoms. The molecule has 1 saturated heterocycles. The summed E-state index contributed by atoms with van der Waals surface area (Å²) in [6.07, 6.45) is 0. The summed E-state index contributed by atoms with van der Waals surface area (Å²) in [5.41, 5.74) is 1.15. The first-order chi connectivity index (χ1) is 11.9. The van der Waals surface area contributed by atoms with E-state index in [0.717, 1.165) is 38.4 Å². The van der Waals surface area contributed by atoms with Crippen molar-refractivity contribution in [3.63, 3.8) is 0 Å². The minimum absolute atomic E-state index is 0.635. The fourth-order valence-electron chi connectivity index (χ4n) is 2.24. The number of carboxylic acid groups (broad SMARTS) is 2. The van der Waals surface area contributed by atoms with Crippen molar-refractivity contribution >= 4 is 11.9 Å². The topological polar surface area (TPSA) is 115 Å². The molecule has 1 aromatic rings. The number of nitrogens with zero attached hydrogens (tertiary/aromatic N) is 1. The largest absolute Gasteiger partial charge is 0.493 e. The van der Waals surface area contributed by atoms with Gasteiger partial charge in [-0.2, -0.15) is 0 Å². The maximum atomic E-state index is 9.10. The van der Waals surface area contributed by atoms with Gasteiger partial charge in [0, 0.05) is 19.6 Å². The van der Waals surface area contributed by atoms with Crippen LogP contribution >= 0.6 is 0 Å². The molecule has 0 bridgehead atoms. The number of morpholine rings is 1. The molecule has 2 N–H and O–H groups in total. The smallest absolute Gasteiger partial charge is 0.414 e. The van der Waals surface area contributed by atoms with Crippen molar-refractivity contribution in [1.82, 2.24) is 4.90 Å². The van der Waals surface area contributed by atoms with Gasteiger partial charge in [0.1, 0.15) is 0 Å². The molecule has 1 heterocycles. The van der Waals surface area contributed by atoms with E-state index < -0.39 is 11.9 Å². The highest BCUT2D eigenvalue weighted by atomic mass is 16.5. The number of carbonyl (C=O) groups is 2. The maximum absolute atomic E-state index is 9.10. The molecule has 0 unspecified atom stereocenters. The van der Waals surface area contributed by atoms with Crippen LogP contribution in [-0.4, -0.2) is 74.7 Å². The SMILES string of the molecule is COc1cc(CN2CCOCC2)cc(OC)c1OC.O=C(O)C(=O)O. The van der Waals surface area contributed by atoms with E-state index in [-0.39, 0.29) is 0 Å². The summed E-state index contributed by atoms with van der Waals surface area (Å²) in [5, 5.41) is 14.8. The Morgan fingerprint density at radius 1 is 1.00 bits per heavy atom. The van der Waals surface area contributed by atoms with Gasteiger partial charge < -0.3 is 29.2 Å². The number of aliphatic carboxylic acids is 2. The van der Waals surface area contributed by atoms with Gasteiger partial charge >= 0.3 is 11.9 Å². The number of ether oxygens (including phenoxy) is 4. The number of benzene rings is 1. The molecule has 1 aliphatic heterocycles. The molecule has 0 aliphatic carbocycles. The van der Waals surface area contributed by atoms with Crippen molar-refractivity contribution < 1.29 is 38.7 Å². The van der Waals surface area contributed by atoms with Crippen molar-refractivity contribution in [2.45, 2.75) is 6.54 Å². The second-order valence-corrected chi connectivity index (χ2v) is 5.03. The van der Waals surface area contributed by atoms with E-state index in [1.54, 1.807) is 21.3 Å². The number of carboxylic acids is 2. The lowest BCUT2D eigenvalue weighted by Crippen LogP contribution is -2.35. The summed E-state index contributed by atoms with van der Waals surface area (Å²) in [5.74, 6) is -1.61. The molecular weight excluding hydrogens is 334 g/mol. The molecule has 9 heteroatoms. The summed E-state index contributed by atoms with van der Waals surface area (Å²) in [6, 6.07) is 3.99. The molecule has 1 aromatic carbocycles. The van der Waals surface area contributed by atoms with Crippen LogP contribution in [0, 0.1) is 0 Å². The molecular formula is C16H23NO8. The molecule has 2 rings (SSSR count). The van der Waals surface area contributed by atoms with E-state index in [2.05, 4.69) is 4.90 Å². The van der Waals surface area contributed by atoms with Crippen LogP contribution < -0.4 is 14.2 Å². The van der Waals surface area contributed by atoms with E-state index in [0.29, 0.717) is 17.2 Å². The Morgan fingerprint density at radius 3 is 1.84 bits per heavy atom. The Bertz CT molecular complexity index is 546. The average molecular weight is 357 g/mol. The van der Waals surface area contributed by atoms with Crippen LogP contribution in [0.5, 0.6) is 17.2 Å². The average Bonchev–Trinajstić information content (AvgIpc) is 2.62. The predicted molar refractivity (Wildman–Crippen MR) is 87.5 cm³/mol. The van der Waals surface area contributed by atoms with Crippen molar-refractivity contribution in [1.29, 1.82) is 0 Å². The van der Waals surface area contributed by atoms with Crippen LogP contribution in [0.1, 0.15) is 5.56 Å². The van der Waals surface area contributed by atoms with Crippen LogP contribution in [0.2, 0.25) is 0 Å². The van der Waals surface area contributed by atoms with Gasteiger partial charge in [-0.1, -0.05) is 0 Å². The molecule has 0 atom stereocenters. The van der Waals surface area contributed by atoms with Gasteiger partial charge in [-0.3, -0.25) is 4.90 Å². The monoisotopic (exact) mass is 357 g/mol. The van der Waals surface area contributed by atoms with Gasteiger partial charge in [0.15, 0.2) is 11.5 Å². The van der Waals surface area contributed by atoms with Gasteiger partial charge in [-0.15, -0.1) is 0 Å². The molecule has 1 fully saturated rings. The van der Waals surface area contributed by atoms with Gasteiger partial charge in [-0.05, 0) is 17.7 Å². The van der Waals surface area contributed by atoms with Crippen LogP contribution in [0.4, 0.5) is 0 Å². The first-order valence-corrected chi connectivity index (χ1v) is 7.48. The highest BCUT2D eigenvalue weighted by molar-refractivity contribution is 6.27. The minimum atomic E-state index is -1.82. The second kappa shape index (κ2) is 10.4. The van der Waals surface area contributed by atoms with E-state index >= 15 is 0 Å². The molecule has 0 aromatic heterocycles. The third kappa shape index (κ3) is 6.48. The standard InChI is InChI=1S/C14H21NO4.C2H2O4/c1-16-12-8-11(9-13(17-2)14(12)18-3)10-15-4-6-19-7-5-15;3-1(4)2(5)6/h8-9H,4-7,10H2,1-3H3;(H,3,4)(H,5,6). The van der Waals surface area contributed by atoms with Gasteiger partial charge in [0.05, 0.1) is 34.5 Å². The van der Waals surface area contributed by atoms with Gasteiger partial charge in [-0.25, -0.2) is 9.59 Å². The number of methoxy groups -OCH3 is 3. The third-order valence-electron chi connectivity index (χ3n) is 3.42. The number of hydrogen-bond donors (Lipinski definition) is 2. The zero-order chi connectivity index (χ0) is 18.8. The molecule has 1 aliphatic rings. The van der Waals surface area contributed by atoms with Gasteiger partial charge in [0.25, 0.3) is 0 Å². The Kier molecular flexibility index (Phi) is 8.51. The van der Waals surface area contributed by atoms with Crippen molar-refractivity contribution in [3.8, 4) is 17.2 Å². The number of hydrogen-bond acceptors (Lipinski definition) is 7.